The summed E-state index contributed by atoms with van der Waals surface area (Å²) in [6.45, 7) is 2.58. The van der Waals surface area contributed by atoms with Crippen LogP contribution in [0, 0.1) is 0 Å². The van der Waals surface area contributed by atoms with Gasteiger partial charge in [-0.1, -0.05) is 24.6 Å². The molecule has 1 aliphatic heterocycles. The van der Waals surface area contributed by atoms with E-state index in [1.54, 1.807) is 0 Å². The van der Waals surface area contributed by atoms with Crippen LogP contribution in [0.2, 0.25) is 0 Å². The Labute approximate surface area is 208 Å². The standard InChI is InChI=1S/C22H28F3N3O4S3/c23-22(24,25)34(29,30)21-15-19(35(26,31)32)9-10-20(21)27-17(11-14-28-12-5-2-6-13-28)16-33-18-7-3-1-4-8-18/h1,3-4,7-10,15,17,27H,2,5-6,11-14,16H2,(H2,26,31,32)/t17-/m1/s1. The Morgan fingerprint density at radius 1 is 1.00 bits per heavy atom. The van der Waals surface area contributed by atoms with E-state index in [2.05, 4.69) is 10.2 Å². The Balaban J connectivity index is 1.91. The number of likely N-dealkylation sites (tertiary alicyclic amines) is 1. The second-order valence-corrected chi connectivity index (χ2v) is 12.9. The van der Waals surface area contributed by atoms with E-state index in [1.807, 2.05) is 30.3 Å². The molecule has 7 nitrogen and oxygen atoms in total. The van der Waals surface area contributed by atoms with E-state index >= 15 is 0 Å². The number of alkyl halides is 3. The number of anilines is 1. The van der Waals surface area contributed by atoms with Gasteiger partial charge in [-0.05, 0) is 62.7 Å². The van der Waals surface area contributed by atoms with Gasteiger partial charge in [-0.2, -0.15) is 13.2 Å². The molecule has 0 saturated carbocycles. The molecule has 194 valence electrons. The molecular weight excluding hydrogens is 523 g/mol. The van der Waals surface area contributed by atoms with E-state index in [9.17, 15) is 30.0 Å². The van der Waals surface area contributed by atoms with Gasteiger partial charge in [0.2, 0.25) is 10.0 Å². The van der Waals surface area contributed by atoms with Crippen LogP contribution in [0.4, 0.5) is 18.9 Å². The minimum atomic E-state index is -5.84. The molecule has 1 saturated heterocycles. The molecule has 0 unspecified atom stereocenters. The fraction of sp³-hybridized carbons (Fsp3) is 0.455. The molecular formula is C22H28F3N3O4S3. The number of hydrogen-bond acceptors (Lipinski definition) is 7. The molecule has 0 spiro atoms. The van der Waals surface area contributed by atoms with Crippen LogP contribution in [0.15, 0.2) is 63.2 Å². The Bertz CT molecular complexity index is 1200. The van der Waals surface area contributed by atoms with Gasteiger partial charge in [0.15, 0.2) is 0 Å². The minimum Gasteiger partial charge on any atom is -0.380 e. The van der Waals surface area contributed by atoms with Crippen molar-refractivity contribution in [2.45, 2.75) is 51.9 Å². The highest BCUT2D eigenvalue weighted by molar-refractivity contribution is 7.99. The van der Waals surface area contributed by atoms with Crippen molar-refractivity contribution in [2.24, 2.45) is 5.14 Å². The normalized spacial score (nSPS) is 16.7. The fourth-order valence-electron chi connectivity index (χ4n) is 3.80. The van der Waals surface area contributed by atoms with Crippen LogP contribution in [-0.2, 0) is 19.9 Å². The highest BCUT2D eigenvalue weighted by Crippen LogP contribution is 2.36. The van der Waals surface area contributed by atoms with Gasteiger partial charge in [0.25, 0.3) is 9.84 Å². The fourth-order valence-corrected chi connectivity index (χ4v) is 6.35. The smallest absolute Gasteiger partial charge is 0.380 e. The molecule has 1 heterocycles. The van der Waals surface area contributed by atoms with Crippen LogP contribution in [0.5, 0.6) is 0 Å². The van der Waals surface area contributed by atoms with Gasteiger partial charge in [0, 0.05) is 23.2 Å². The molecule has 35 heavy (non-hydrogen) atoms. The van der Waals surface area contributed by atoms with Gasteiger partial charge in [-0.25, -0.2) is 22.0 Å². The molecule has 0 amide bonds. The maximum Gasteiger partial charge on any atom is 0.501 e. The number of thioether (sulfide) groups is 1. The van der Waals surface area contributed by atoms with Crippen molar-refractivity contribution in [3.8, 4) is 0 Å². The number of nitrogens with one attached hydrogen (secondary N) is 1. The number of sulfonamides is 1. The number of nitrogens with two attached hydrogens (primary N) is 1. The summed E-state index contributed by atoms with van der Waals surface area (Å²) < 4.78 is 88.3. The van der Waals surface area contributed by atoms with Crippen LogP contribution in [-0.4, -0.2) is 58.7 Å². The van der Waals surface area contributed by atoms with Crippen LogP contribution in [0.1, 0.15) is 25.7 Å². The van der Waals surface area contributed by atoms with Crippen molar-refractivity contribution in [3.05, 3.63) is 48.5 Å². The molecule has 0 aliphatic carbocycles. The first-order chi connectivity index (χ1) is 16.4. The molecule has 3 rings (SSSR count). The zero-order chi connectivity index (χ0) is 25.7. The van der Waals surface area contributed by atoms with Crippen molar-refractivity contribution in [1.82, 2.24) is 4.90 Å². The number of piperidine rings is 1. The molecule has 13 heteroatoms. The van der Waals surface area contributed by atoms with Gasteiger partial charge in [0.1, 0.15) is 4.90 Å². The predicted molar refractivity (Wildman–Crippen MR) is 131 cm³/mol. The number of hydrogen-bond donors (Lipinski definition) is 2. The Kier molecular flexibility index (Phi) is 9.13. The van der Waals surface area contributed by atoms with E-state index < -0.39 is 35.2 Å². The Morgan fingerprint density at radius 3 is 2.26 bits per heavy atom. The number of rotatable bonds is 10. The van der Waals surface area contributed by atoms with Gasteiger partial charge in [0.05, 0.1) is 10.6 Å². The van der Waals surface area contributed by atoms with Gasteiger partial charge in [-0.3, -0.25) is 0 Å². The summed E-state index contributed by atoms with van der Waals surface area (Å²) in [5, 5.41) is 7.99. The monoisotopic (exact) mass is 551 g/mol. The summed E-state index contributed by atoms with van der Waals surface area (Å²) in [7, 11) is -10.3. The largest absolute Gasteiger partial charge is 0.501 e. The topological polar surface area (TPSA) is 110 Å². The van der Waals surface area contributed by atoms with Crippen LogP contribution in [0.25, 0.3) is 0 Å². The number of nitrogens with zero attached hydrogens (tertiary/aromatic N) is 1. The lowest BCUT2D eigenvalue weighted by molar-refractivity contribution is -0.0435. The zero-order valence-electron chi connectivity index (χ0n) is 18.9. The molecule has 0 radical (unpaired) electrons. The highest BCUT2D eigenvalue weighted by Gasteiger charge is 2.48. The second kappa shape index (κ2) is 11.5. The van der Waals surface area contributed by atoms with Gasteiger partial charge >= 0.3 is 5.51 Å². The van der Waals surface area contributed by atoms with E-state index in [0.29, 0.717) is 24.8 Å². The van der Waals surface area contributed by atoms with Crippen molar-refractivity contribution in [1.29, 1.82) is 0 Å². The first-order valence-corrected chi connectivity index (χ1v) is 15.0. The van der Waals surface area contributed by atoms with Crippen LogP contribution >= 0.6 is 11.8 Å². The third kappa shape index (κ3) is 7.59. The zero-order valence-corrected chi connectivity index (χ0v) is 21.3. The predicted octanol–water partition coefficient (Wildman–Crippen LogP) is 4.08. The van der Waals surface area contributed by atoms with Crippen molar-refractivity contribution in [2.75, 3.05) is 30.7 Å². The summed E-state index contributed by atoms with van der Waals surface area (Å²) in [4.78, 5) is 1.37. The third-order valence-electron chi connectivity index (χ3n) is 5.67. The van der Waals surface area contributed by atoms with Gasteiger partial charge < -0.3 is 10.2 Å². The number of halogens is 3. The van der Waals surface area contributed by atoms with Crippen molar-refractivity contribution >= 4 is 37.3 Å². The highest BCUT2D eigenvalue weighted by atomic mass is 32.2. The summed E-state index contributed by atoms with van der Waals surface area (Å²) in [6, 6.07) is 11.5. The molecule has 1 aliphatic rings. The van der Waals surface area contributed by atoms with Crippen LogP contribution in [0.3, 0.4) is 0 Å². The molecule has 1 fully saturated rings. The average molecular weight is 552 g/mol. The quantitative estimate of drug-likeness (QED) is 0.428. The van der Waals surface area contributed by atoms with Gasteiger partial charge in [-0.15, -0.1) is 11.8 Å². The Morgan fingerprint density at radius 2 is 1.66 bits per heavy atom. The summed E-state index contributed by atoms with van der Waals surface area (Å²) in [5.74, 6) is 0.459. The van der Waals surface area contributed by atoms with Crippen molar-refractivity contribution < 1.29 is 30.0 Å². The second-order valence-electron chi connectivity index (χ2n) is 8.31. The van der Waals surface area contributed by atoms with E-state index in [4.69, 9.17) is 5.14 Å². The third-order valence-corrected chi connectivity index (χ3v) is 9.28. The summed E-state index contributed by atoms with van der Waals surface area (Å²) in [6.07, 6.45) is 3.89. The lowest BCUT2D eigenvalue weighted by atomic mass is 10.1. The SMILES string of the molecule is NS(=O)(=O)c1ccc(N[C@H](CCN2CCCCC2)CSc2ccccc2)c(S(=O)(=O)C(F)(F)F)c1. The average Bonchev–Trinajstić information content (AvgIpc) is 2.81. The molecule has 1 atom stereocenters. The number of benzene rings is 2. The molecule has 3 N–H and O–H groups in total. The first-order valence-electron chi connectivity index (χ1n) is 11.0. The summed E-state index contributed by atoms with van der Waals surface area (Å²) >= 11 is 1.49. The number of sulfone groups is 1. The molecule has 2 aromatic carbocycles. The maximum absolute atomic E-state index is 13.4. The van der Waals surface area contributed by atoms with E-state index in [-0.39, 0.29) is 11.7 Å². The van der Waals surface area contributed by atoms with E-state index in [1.165, 1.54) is 11.8 Å². The minimum absolute atomic E-state index is 0.313. The van der Waals surface area contributed by atoms with Crippen LogP contribution < -0.4 is 10.5 Å². The number of primary sulfonamides is 1. The lowest BCUT2D eigenvalue weighted by Gasteiger charge is -2.29. The molecule has 0 aromatic heterocycles. The van der Waals surface area contributed by atoms with E-state index in [0.717, 1.165) is 49.4 Å². The Hall–Kier alpha value is -1.80. The first kappa shape index (κ1) is 27.8. The molecule has 0 bridgehead atoms. The van der Waals surface area contributed by atoms with Crippen molar-refractivity contribution in [3.63, 3.8) is 0 Å². The lowest BCUT2D eigenvalue weighted by Crippen LogP contribution is -2.35. The maximum atomic E-state index is 13.4. The summed E-state index contributed by atoms with van der Waals surface area (Å²) in [5.41, 5.74) is -5.92. The molecule has 2 aromatic rings.